The smallest absolute Gasteiger partial charge is 0.428 e. The average Bonchev–Trinajstić information content (AvgIpc) is 2.56. The molecule has 0 unspecified atom stereocenters. The summed E-state index contributed by atoms with van der Waals surface area (Å²) >= 11 is 0. The van der Waals surface area contributed by atoms with Crippen LogP contribution in [0.2, 0.25) is 0 Å². The monoisotopic (exact) mass is 382 g/mol. The van der Waals surface area contributed by atoms with Gasteiger partial charge in [0.2, 0.25) is 9.84 Å². The van der Waals surface area contributed by atoms with Crippen LogP contribution in [0.15, 0.2) is 51.3 Å². The predicted molar refractivity (Wildman–Crippen MR) is 96.2 cm³/mol. The molecule has 8 nitrogen and oxygen atoms in total. The summed E-state index contributed by atoms with van der Waals surface area (Å²) in [6, 6.07) is 7.58. The molecule has 0 bridgehead atoms. The second-order valence-corrected chi connectivity index (χ2v) is 7.99. The van der Waals surface area contributed by atoms with Crippen molar-refractivity contribution < 1.29 is 27.5 Å². The van der Waals surface area contributed by atoms with Crippen LogP contribution in [0.25, 0.3) is 0 Å². The van der Waals surface area contributed by atoms with Crippen LogP contribution in [-0.2, 0) is 24.1 Å². The molecule has 0 saturated heterocycles. The van der Waals surface area contributed by atoms with Crippen molar-refractivity contribution in [2.45, 2.75) is 38.2 Å². The third-order valence-corrected chi connectivity index (χ3v) is 4.33. The Kier molecular flexibility index (Phi) is 7.08. The van der Waals surface area contributed by atoms with Crippen molar-refractivity contribution in [2.24, 2.45) is 5.10 Å². The third-order valence-electron chi connectivity index (χ3n) is 2.85. The first kappa shape index (κ1) is 21.4. The number of nitrogens with one attached hydrogen (secondary N) is 1. The highest BCUT2D eigenvalue weighted by atomic mass is 32.2. The second kappa shape index (κ2) is 8.61. The molecule has 9 heteroatoms. The normalized spacial score (nSPS) is 13.1. The highest BCUT2D eigenvalue weighted by molar-refractivity contribution is 7.94. The summed E-state index contributed by atoms with van der Waals surface area (Å²) in [4.78, 5) is 23.6. The summed E-state index contributed by atoms with van der Waals surface area (Å²) in [7, 11) is -2.80. The van der Waals surface area contributed by atoms with E-state index in [-0.39, 0.29) is 16.2 Å². The molecule has 1 N–H and O–H groups in total. The van der Waals surface area contributed by atoms with Crippen molar-refractivity contribution in [1.29, 1.82) is 0 Å². The van der Waals surface area contributed by atoms with Crippen LogP contribution in [0.3, 0.4) is 0 Å². The molecule has 0 aromatic heterocycles. The minimum absolute atomic E-state index is 0.00862. The highest BCUT2D eigenvalue weighted by Gasteiger charge is 2.21. The van der Waals surface area contributed by atoms with Crippen LogP contribution in [0.5, 0.6) is 0 Å². The number of hydrogen-bond donors (Lipinski definition) is 1. The highest BCUT2D eigenvalue weighted by Crippen LogP contribution is 2.15. The van der Waals surface area contributed by atoms with E-state index in [1.165, 1.54) is 19.1 Å². The van der Waals surface area contributed by atoms with Gasteiger partial charge in [-0.1, -0.05) is 18.2 Å². The Morgan fingerprint density at radius 3 is 2.23 bits per heavy atom. The van der Waals surface area contributed by atoms with Gasteiger partial charge in [0, 0.05) is 0 Å². The third kappa shape index (κ3) is 6.67. The zero-order valence-corrected chi connectivity index (χ0v) is 16.1. The first-order valence-electron chi connectivity index (χ1n) is 7.60. The molecular formula is C17H22N2O6S. The number of esters is 1. The van der Waals surface area contributed by atoms with Gasteiger partial charge in [-0.15, -0.1) is 0 Å². The van der Waals surface area contributed by atoms with Crippen molar-refractivity contribution >= 4 is 27.6 Å². The molecule has 1 rings (SSSR count). The van der Waals surface area contributed by atoms with Crippen LogP contribution >= 0.6 is 0 Å². The Balaban J connectivity index is 3.16. The van der Waals surface area contributed by atoms with Gasteiger partial charge in [-0.25, -0.2) is 23.4 Å². The fraction of sp³-hybridized carbons (Fsp3) is 0.353. The van der Waals surface area contributed by atoms with Gasteiger partial charge in [-0.2, -0.15) is 5.10 Å². The minimum Gasteiger partial charge on any atom is -0.465 e. The molecule has 0 fully saturated rings. The number of sulfone groups is 1. The quantitative estimate of drug-likeness (QED) is 0.362. The number of benzene rings is 1. The molecule has 0 saturated carbocycles. The summed E-state index contributed by atoms with van der Waals surface area (Å²) in [5.41, 5.74) is 1.01. The Bertz CT molecular complexity index is 821. The number of amides is 1. The van der Waals surface area contributed by atoms with E-state index in [1.54, 1.807) is 39.0 Å². The Morgan fingerprint density at radius 2 is 1.73 bits per heavy atom. The lowest BCUT2D eigenvalue weighted by Gasteiger charge is -2.18. The van der Waals surface area contributed by atoms with E-state index in [2.05, 4.69) is 15.3 Å². The van der Waals surface area contributed by atoms with E-state index in [9.17, 15) is 18.0 Å². The number of carbonyl (C=O) groups excluding carboxylic acids is 2. The van der Waals surface area contributed by atoms with Gasteiger partial charge in [0.05, 0.1) is 28.7 Å². The van der Waals surface area contributed by atoms with Crippen LogP contribution in [0.1, 0.15) is 27.7 Å². The maximum atomic E-state index is 12.4. The van der Waals surface area contributed by atoms with Crippen LogP contribution < -0.4 is 5.43 Å². The first-order chi connectivity index (χ1) is 12.0. The molecule has 1 amide bonds. The van der Waals surface area contributed by atoms with Crippen molar-refractivity contribution in [1.82, 2.24) is 5.43 Å². The largest absolute Gasteiger partial charge is 0.465 e. The number of rotatable bonds is 5. The molecule has 0 atom stereocenters. The zero-order valence-electron chi connectivity index (χ0n) is 15.3. The standard InChI is InChI=1S/C17H22N2O6S/c1-12(18-19-16(21)25-17(2,3)4)14(15(20)24-5)11-26(22,23)13-9-7-6-8-10-13/h6-11H,1-5H3,(H,19,21)/b14-11-,18-12+. The van der Waals surface area contributed by atoms with Crippen LogP contribution in [0, 0.1) is 0 Å². The zero-order chi connectivity index (χ0) is 20.0. The van der Waals surface area contributed by atoms with Gasteiger partial charge in [0.15, 0.2) is 0 Å². The average molecular weight is 382 g/mol. The van der Waals surface area contributed by atoms with Crippen molar-refractivity contribution in [3.63, 3.8) is 0 Å². The van der Waals surface area contributed by atoms with E-state index >= 15 is 0 Å². The molecule has 0 radical (unpaired) electrons. The Morgan fingerprint density at radius 1 is 1.15 bits per heavy atom. The molecule has 1 aromatic carbocycles. The molecule has 142 valence electrons. The molecule has 1 aromatic rings. The lowest BCUT2D eigenvalue weighted by molar-refractivity contribution is -0.135. The van der Waals surface area contributed by atoms with Gasteiger partial charge in [0.25, 0.3) is 0 Å². The number of methoxy groups -OCH3 is 1. The molecule has 0 spiro atoms. The minimum atomic E-state index is -3.91. The van der Waals surface area contributed by atoms with E-state index in [0.29, 0.717) is 0 Å². The van der Waals surface area contributed by atoms with Crippen molar-refractivity contribution in [3.8, 4) is 0 Å². The SMILES string of the molecule is COC(=O)C(=C\S(=O)(=O)c1ccccc1)/C(C)=N/NC(=O)OC(C)(C)C. The second-order valence-electron chi connectivity index (χ2n) is 6.19. The summed E-state index contributed by atoms with van der Waals surface area (Å²) in [6.45, 7) is 6.39. The van der Waals surface area contributed by atoms with E-state index in [0.717, 1.165) is 12.5 Å². The number of hydrazone groups is 1. The lowest BCUT2D eigenvalue weighted by atomic mass is 10.2. The van der Waals surface area contributed by atoms with E-state index in [1.807, 2.05) is 0 Å². The fourth-order valence-corrected chi connectivity index (χ4v) is 2.96. The van der Waals surface area contributed by atoms with Gasteiger partial charge in [-0.3, -0.25) is 0 Å². The van der Waals surface area contributed by atoms with Gasteiger partial charge >= 0.3 is 12.1 Å². The van der Waals surface area contributed by atoms with Crippen LogP contribution in [0.4, 0.5) is 4.79 Å². The van der Waals surface area contributed by atoms with Gasteiger partial charge < -0.3 is 9.47 Å². The number of ether oxygens (including phenoxy) is 2. The van der Waals surface area contributed by atoms with E-state index in [4.69, 9.17) is 4.74 Å². The Hall–Kier alpha value is -2.68. The van der Waals surface area contributed by atoms with Crippen molar-refractivity contribution in [2.75, 3.05) is 7.11 Å². The summed E-state index contributed by atoms with van der Waals surface area (Å²) in [5, 5.41) is 4.47. The lowest BCUT2D eigenvalue weighted by Crippen LogP contribution is -2.30. The maximum absolute atomic E-state index is 12.4. The molecule has 0 heterocycles. The molecule has 0 aliphatic rings. The van der Waals surface area contributed by atoms with Gasteiger partial charge in [-0.05, 0) is 39.8 Å². The van der Waals surface area contributed by atoms with Crippen molar-refractivity contribution in [3.05, 3.63) is 41.3 Å². The first-order valence-corrected chi connectivity index (χ1v) is 9.14. The molecule has 26 heavy (non-hydrogen) atoms. The number of carbonyl (C=O) groups is 2. The predicted octanol–water partition coefficient (Wildman–Crippen LogP) is 2.42. The summed E-state index contributed by atoms with van der Waals surface area (Å²) < 4.78 is 34.5. The Labute approximate surface area is 152 Å². The summed E-state index contributed by atoms with van der Waals surface area (Å²) in [5.74, 6) is -0.906. The van der Waals surface area contributed by atoms with Gasteiger partial charge in [0.1, 0.15) is 5.60 Å². The molecular weight excluding hydrogens is 360 g/mol. The topological polar surface area (TPSA) is 111 Å². The molecule has 0 aliphatic carbocycles. The number of hydrogen-bond acceptors (Lipinski definition) is 7. The van der Waals surface area contributed by atoms with Crippen LogP contribution in [-0.4, -0.2) is 38.9 Å². The summed E-state index contributed by atoms with van der Waals surface area (Å²) in [6.07, 6.45) is -0.841. The van der Waals surface area contributed by atoms with E-state index < -0.39 is 27.5 Å². The fourth-order valence-electron chi connectivity index (χ4n) is 1.72. The number of nitrogens with zero attached hydrogens (tertiary/aromatic N) is 1. The maximum Gasteiger partial charge on any atom is 0.428 e. The molecule has 0 aliphatic heterocycles.